The van der Waals surface area contributed by atoms with Gasteiger partial charge in [-0.15, -0.1) is 0 Å². The third-order valence-corrected chi connectivity index (χ3v) is 3.41. The van der Waals surface area contributed by atoms with E-state index in [0.717, 1.165) is 5.56 Å². The van der Waals surface area contributed by atoms with E-state index in [1.807, 2.05) is 30.3 Å². The fourth-order valence-electron chi connectivity index (χ4n) is 2.20. The zero-order valence-electron chi connectivity index (χ0n) is 13.1. The van der Waals surface area contributed by atoms with Crippen LogP contribution < -0.4 is 14.8 Å². The number of rotatable bonds is 6. The van der Waals surface area contributed by atoms with Crippen LogP contribution >= 0.6 is 0 Å². The number of nitrogens with zero attached hydrogens (tertiary/aromatic N) is 1. The van der Waals surface area contributed by atoms with Gasteiger partial charge in [-0.05, 0) is 36.2 Å². The topological polar surface area (TPSA) is 71.3 Å². The van der Waals surface area contributed by atoms with Crippen LogP contribution in [0.1, 0.15) is 5.56 Å². The Balaban J connectivity index is 2.11. The Kier molecular flexibility index (Phi) is 5.59. The molecule has 2 aromatic rings. The summed E-state index contributed by atoms with van der Waals surface area (Å²) in [6.07, 6.45) is 0.314. The summed E-state index contributed by atoms with van der Waals surface area (Å²) in [6.45, 7) is 0. The molecule has 5 heteroatoms. The van der Waals surface area contributed by atoms with Crippen molar-refractivity contribution in [1.29, 1.82) is 5.26 Å². The first kappa shape index (κ1) is 16.4. The lowest BCUT2D eigenvalue weighted by Gasteiger charge is -2.13. The highest BCUT2D eigenvalue weighted by Crippen LogP contribution is 2.24. The Morgan fingerprint density at radius 3 is 2.65 bits per heavy atom. The normalized spacial score (nSPS) is 11.2. The molecule has 0 bridgehead atoms. The lowest BCUT2D eigenvalue weighted by Crippen LogP contribution is -2.23. The van der Waals surface area contributed by atoms with Gasteiger partial charge in [0.1, 0.15) is 17.4 Å². The summed E-state index contributed by atoms with van der Waals surface area (Å²) in [5.74, 6) is 0.0927. The predicted octanol–water partition coefficient (Wildman–Crippen LogP) is 3.02. The van der Waals surface area contributed by atoms with Crippen LogP contribution in [0, 0.1) is 17.2 Å². The van der Waals surface area contributed by atoms with Crippen molar-refractivity contribution in [2.24, 2.45) is 5.92 Å². The number of nitriles is 1. The van der Waals surface area contributed by atoms with Gasteiger partial charge in [0.25, 0.3) is 0 Å². The molecule has 2 aromatic carbocycles. The van der Waals surface area contributed by atoms with Gasteiger partial charge in [0.05, 0.1) is 26.0 Å². The molecule has 1 amide bonds. The number of carbonyl (C=O) groups excluding carboxylic acids is 1. The third-order valence-electron chi connectivity index (χ3n) is 3.41. The molecule has 0 fully saturated rings. The van der Waals surface area contributed by atoms with Crippen LogP contribution in [0.2, 0.25) is 0 Å². The van der Waals surface area contributed by atoms with Crippen LogP contribution in [-0.2, 0) is 11.2 Å². The molecular formula is C18H18N2O3. The Hall–Kier alpha value is -3.00. The number of ether oxygens (including phenoxy) is 2. The minimum absolute atomic E-state index is 0.314. The zero-order valence-corrected chi connectivity index (χ0v) is 13.1. The quantitative estimate of drug-likeness (QED) is 0.890. The molecule has 0 radical (unpaired) electrons. The molecule has 0 aliphatic heterocycles. The molecule has 5 nitrogen and oxygen atoms in total. The Bertz CT molecular complexity index is 722. The van der Waals surface area contributed by atoms with Crippen LogP contribution in [0.5, 0.6) is 11.5 Å². The van der Waals surface area contributed by atoms with Crippen LogP contribution in [0.15, 0.2) is 48.5 Å². The number of para-hydroxylation sites is 2. The van der Waals surface area contributed by atoms with Crippen molar-refractivity contribution < 1.29 is 14.3 Å². The SMILES string of the molecule is COc1cccc(CC(C#N)C(=O)Nc2ccccc2OC)c1. The number of methoxy groups -OCH3 is 2. The summed E-state index contributed by atoms with van der Waals surface area (Å²) in [5.41, 5.74) is 1.41. The second kappa shape index (κ2) is 7.85. The first-order chi connectivity index (χ1) is 11.2. The highest BCUT2D eigenvalue weighted by Gasteiger charge is 2.20. The molecule has 0 spiro atoms. The monoisotopic (exact) mass is 310 g/mol. The van der Waals surface area contributed by atoms with Crippen LogP contribution in [0.4, 0.5) is 5.69 Å². The second-order valence-corrected chi connectivity index (χ2v) is 4.93. The molecule has 0 aliphatic rings. The van der Waals surface area contributed by atoms with Gasteiger partial charge >= 0.3 is 0 Å². The van der Waals surface area contributed by atoms with Crippen molar-refractivity contribution in [1.82, 2.24) is 0 Å². The van der Waals surface area contributed by atoms with Crippen LogP contribution in [0.25, 0.3) is 0 Å². The van der Waals surface area contributed by atoms with Crippen molar-refractivity contribution in [3.63, 3.8) is 0 Å². The van der Waals surface area contributed by atoms with E-state index in [1.165, 1.54) is 7.11 Å². The lowest BCUT2D eigenvalue weighted by atomic mass is 9.99. The molecular weight excluding hydrogens is 292 g/mol. The smallest absolute Gasteiger partial charge is 0.242 e. The van der Waals surface area contributed by atoms with Crippen molar-refractivity contribution in [3.8, 4) is 17.6 Å². The molecule has 1 unspecified atom stereocenters. The first-order valence-corrected chi connectivity index (χ1v) is 7.14. The molecule has 0 saturated carbocycles. The Morgan fingerprint density at radius 1 is 1.17 bits per heavy atom. The third kappa shape index (κ3) is 4.24. The molecule has 118 valence electrons. The molecule has 1 atom stereocenters. The van der Waals surface area contributed by atoms with Gasteiger partial charge in [-0.3, -0.25) is 4.79 Å². The molecule has 0 saturated heterocycles. The Morgan fingerprint density at radius 2 is 1.96 bits per heavy atom. The van der Waals surface area contributed by atoms with Gasteiger partial charge < -0.3 is 14.8 Å². The number of nitrogens with one attached hydrogen (secondary N) is 1. The highest BCUT2D eigenvalue weighted by atomic mass is 16.5. The van der Waals surface area contributed by atoms with E-state index in [4.69, 9.17) is 9.47 Å². The zero-order chi connectivity index (χ0) is 16.7. The van der Waals surface area contributed by atoms with Crippen LogP contribution in [-0.4, -0.2) is 20.1 Å². The number of benzene rings is 2. The number of hydrogen-bond acceptors (Lipinski definition) is 4. The van der Waals surface area contributed by atoms with Crippen molar-refractivity contribution in [2.45, 2.75) is 6.42 Å². The van der Waals surface area contributed by atoms with E-state index in [9.17, 15) is 10.1 Å². The van der Waals surface area contributed by atoms with E-state index in [-0.39, 0.29) is 5.91 Å². The molecule has 0 aliphatic carbocycles. The highest BCUT2D eigenvalue weighted by molar-refractivity contribution is 5.95. The van der Waals surface area contributed by atoms with E-state index < -0.39 is 5.92 Å². The summed E-state index contributed by atoms with van der Waals surface area (Å²) < 4.78 is 10.4. The minimum atomic E-state index is -0.799. The summed E-state index contributed by atoms with van der Waals surface area (Å²) in [4.78, 5) is 12.4. The van der Waals surface area contributed by atoms with E-state index in [2.05, 4.69) is 11.4 Å². The van der Waals surface area contributed by atoms with Gasteiger partial charge in [-0.1, -0.05) is 24.3 Å². The summed E-state index contributed by atoms with van der Waals surface area (Å²) in [7, 11) is 3.11. The maximum absolute atomic E-state index is 12.4. The fraction of sp³-hybridized carbons (Fsp3) is 0.222. The molecule has 2 rings (SSSR count). The Labute approximate surface area is 135 Å². The van der Waals surface area contributed by atoms with Gasteiger partial charge in [0.2, 0.25) is 5.91 Å². The molecule has 0 aromatic heterocycles. The summed E-state index contributed by atoms with van der Waals surface area (Å²) in [5, 5.41) is 12.1. The van der Waals surface area contributed by atoms with Gasteiger partial charge in [0.15, 0.2) is 0 Å². The number of carbonyl (C=O) groups is 1. The average Bonchev–Trinajstić information content (AvgIpc) is 2.60. The number of anilines is 1. The summed E-state index contributed by atoms with van der Waals surface area (Å²) in [6, 6.07) is 16.5. The van der Waals surface area contributed by atoms with Crippen molar-refractivity contribution in [2.75, 3.05) is 19.5 Å². The largest absolute Gasteiger partial charge is 0.497 e. The molecule has 1 N–H and O–H groups in total. The minimum Gasteiger partial charge on any atom is -0.497 e. The van der Waals surface area contributed by atoms with Gasteiger partial charge in [-0.2, -0.15) is 5.26 Å². The van der Waals surface area contributed by atoms with Crippen LogP contribution in [0.3, 0.4) is 0 Å². The summed E-state index contributed by atoms with van der Waals surface area (Å²) >= 11 is 0. The van der Waals surface area contributed by atoms with Crippen molar-refractivity contribution in [3.05, 3.63) is 54.1 Å². The van der Waals surface area contributed by atoms with Crippen molar-refractivity contribution >= 4 is 11.6 Å². The van der Waals surface area contributed by atoms with Gasteiger partial charge in [0, 0.05) is 0 Å². The average molecular weight is 310 g/mol. The maximum atomic E-state index is 12.4. The fourth-order valence-corrected chi connectivity index (χ4v) is 2.20. The van der Waals surface area contributed by atoms with Gasteiger partial charge in [-0.25, -0.2) is 0 Å². The van der Waals surface area contributed by atoms with E-state index in [1.54, 1.807) is 25.3 Å². The van der Waals surface area contributed by atoms with E-state index in [0.29, 0.717) is 23.6 Å². The molecule has 23 heavy (non-hydrogen) atoms. The first-order valence-electron chi connectivity index (χ1n) is 7.14. The lowest BCUT2D eigenvalue weighted by molar-refractivity contribution is -0.118. The number of hydrogen-bond donors (Lipinski definition) is 1. The maximum Gasteiger partial charge on any atom is 0.242 e. The standard InChI is InChI=1S/C18H18N2O3/c1-22-15-7-5-6-13(11-15)10-14(12-19)18(21)20-16-8-3-4-9-17(16)23-2/h3-9,11,14H,10H2,1-2H3,(H,20,21). The molecule has 0 heterocycles. The number of amides is 1. The predicted molar refractivity (Wildman–Crippen MR) is 87.4 cm³/mol. The van der Waals surface area contributed by atoms with E-state index >= 15 is 0 Å². The second-order valence-electron chi connectivity index (χ2n) is 4.93.